The molecule has 0 atom stereocenters. The van der Waals surface area contributed by atoms with Gasteiger partial charge in [0.2, 0.25) is 0 Å². The minimum atomic E-state index is 0.0465. The molecule has 0 fully saturated rings. The fourth-order valence-electron chi connectivity index (χ4n) is 1.27. The molecule has 1 aromatic rings. The van der Waals surface area contributed by atoms with Crippen molar-refractivity contribution in [1.82, 2.24) is 0 Å². The molecular formula is C11H16BrN. The summed E-state index contributed by atoms with van der Waals surface area (Å²) >= 11 is 3.55. The Hall–Kier alpha value is -0.340. The molecule has 0 unspecified atom stereocenters. The van der Waals surface area contributed by atoms with Crippen molar-refractivity contribution < 1.29 is 0 Å². The van der Waals surface area contributed by atoms with Gasteiger partial charge in [-0.25, -0.2) is 0 Å². The fourth-order valence-corrected chi connectivity index (χ4v) is 2.05. The minimum Gasteiger partial charge on any atom is -0.330 e. The van der Waals surface area contributed by atoms with Gasteiger partial charge in [-0.05, 0) is 18.6 Å². The molecular weight excluding hydrogens is 226 g/mol. The van der Waals surface area contributed by atoms with Crippen LogP contribution in [0.3, 0.4) is 0 Å². The van der Waals surface area contributed by atoms with Crippen LogP contribution in [-0.4, -0.2) is 6.54 Å². The van der Waals surface area contributed by atoms with E-state index < -0.39 is 0 Å². The molecule has 0 aliphatic heterocycles. The Morgan fingerprint density at radius 1 is 1.38 bits per heavy atom. The number of benzene rings is 1. The van der Waals surface area contributed by atoms with Gasteiger partial charge in [0.15, 0.2) is 0 Å². The number of rotatable bonds is 2. The predicted octanol–water partition coefficient (Wildman–Crippen LogP) is 2.99. The minimum absolute atomic E-state index is 0.0465. The lowest BCUT2D eigenvalue weighted by molar-refractivity contribution is 0.536. The van der Waals surface area contributed by atoms with E-state index in [0.29, 0.717) is 6.54 Å². The second-order valence-electron chi connectivity index (χ2n) is 4.07. The number of halogens is 1. The van der Waals surface area contributed by atoms with Crippen LogP contribution < -0.4 is 5.73 Å². The van der Waals surface area contributed by atoms with Crippen molar-refractivity contribution in [2.45, 2.75) is 26.2 Å². The van der Waals surface area contributed by atoms with Gasteiger partial charge in [0.05, 0.1) is 0 Å². The maximum absolute atomic E-state index is 5.74. The third kappa shape index (κ3) is 2.32. The van der Waals surface area contributed by atoms with Crippen molar-refractivity contribution in [3.8, 4) is 0 Å². The molecule has 0 radical (unpaired) electrons. The van der Waals surface area contributed by atoms with E-state index in [1.54, 1.807) is 0 Å². The molecule has 2 heteroatoms. The van der Waals surface area contributed by atoms with Gasteiger partial charge in [0.25, 0.3) is 0 Å². The Labute approximate surface area is 88.5 Å². The van der Waals surface area contributed by atoms with Crippen LogP contribution in [-0.2, 0) is 5.41 Å². The van der Waals surface area contributed by atoms with Crippen molar-refractivity contribution >= 4 is 15.9 Å². The summed E-state index contributed by atoms with van der Waals surface area (Å²) in [6, 6.07) is 6.37. The van der Waals surface area contributed by atoms with Crippen LogP contribution >= 0.6 is 15.9 Å². The molecule has 0 saturated carbocycles. The van der Waals surface area contributed by atoms with E-state index in [1.807, 2.05) is 0 Å². The number of nitrogens with two attached hydrogens (primary N) is 1. The molecule has 1 nitrogen and oxygen atoms in total. The Bertz CT molecular complexity index is 305. The van der Waals surface area contributed by atoms with Gasteiger partial charge < -0.3 is 5.73 Å². The summed E-state index contributed by atoms with van der Waals surface area (Å²) in [5, 5.41) is 0. The first-order valence-corrected chi connectivity index (χ1v) is 5.23. The largest absolute Gasteiger partial charge is 0.330 e. The van der Waals surface area contributed by atoms with E-state index in [2.05, 4.69) is 54.9 Å². The van der Waals surface area contributed by atoms with Gasteiger partial charge in [-0.3, -0.25) is 0 Å². The molecule has 0 aliphatic carbocycles. The standard InChI is InChI=1S/C11H16BrN/c1-8-4-5-10(12)9(6-8)11(2,3)7-13/h4-6H,7,13H2,1-3H3. The summed E-state index contributed by atoms with van der Waals surface area (Å²) in [6.07, 6.45) is 0. The van der Waals surface area contributed by atoms with Crippen LogP contribution in [0.4, 0.5) is 0 Å². The highest BCUT2D eigenvalue weighted by Gasteiger charge is 2.20. The van der Waals surface area contributed by atoms with Crippen LogP contribution in [0.1, 0.15) is 25.0 Å². The lowest BCUT2D eigenvalue weighted by Gasteiger charge is -2.24. The maximum atomic E-state index is 5.74. The summed E-state index contributed by atoms with van der Waals surface area (Å²) in [6.45, 7) is 7.08. The Morgan fingerprint density at radius 2 is 2.00 bits per heavy atom. The molecule has 1 aromatic carbocycles. The lowest BCUT2D eigenvalue weighted by atomic mass is 9.84. The zero-order valence-corrected chi connectivity index (χ0v) is 9.98. The van der Waals surface area contributed by atoms with Crippen molar-refractivity contribution in [2.24, 2.45) is 5.73 Å². The van der Waals surface area contributed by atoms with E-state index >= 15 is 0 Å². The first-order chi connectivity index (χ1) is 5.97. The first kappa shape index (κ1) is 10.7. The molecule has 0 aromatic heterocycles. The van der Waals surface area contributed by atoms with E-state index in [-0.39, 0.29) is 5.41 Å². The third-order valence-electron chi connectivity index (χ3n) is 2.36. The molecule has 0 bridgehead atoms. The molecule has 0 heterocycles. The highest BCUT2D eigenvalue weighted by atomic mass is 79.9. The zero-order valence-electron chi connectivity index (χ0n) is 8.39. The molecule has 0 spiro atoms. The molecule has 0 aliphatic rings. The number of aryl methyl sites for hydroxylation is 1. The lowest BCUT2D eigenvalue weighted by Crippen LogP contribution is -2.28. The van der Waals surface area contributed by atoms with Crippen LogP contribution in [0.2, 0.25) is 0 Å². The smallest absolute Gasteiger partial charge is 0.0213 e. The Morgan fingerprint density at radius 3 is 2.54 bits per heavy atom. The third-order valence-corrected chi connectivity index (χ3v) is 3.05. The van der Waals surface area contributed by atoms with Crippen molar-refractivity contribution in [1.29, 1.82) is 0 Å². The van der Waals surface area contributed by atoms with E-state index in [4.69, 9.17) is 5.73 Å². The first-order valence-electron chi connectivity index (χ1n) is 4.44. The SMILES string of the molecule is Cc1ccc(Br)c(C(C)(C)CN)c1. The normalized spacial score (nSPS) is 11.8. The Balaban J connectivity index is 3.20. The summed E-state index contributed by atoms with van der Waals surface area (Å²) in [7, 11) is 0. The van der Waals surface area contributed by atoms with Gasteiger partial charge in [-0.2, -0.15) is 0 Å². The summed E-state index contributed by atoms with van der Waals surface area (Å²) in [4.78, 5) is 0. The fraction of sp³-hybridized carbons (Fsp3) is 0.455. The van der Waals surface area contributed by atoms with Gasteiger partial charge in [0, 0.05) is 16.4 Å². The van der Waals surface area contributed by atoms with Gasteiger partial charge in [-0.1, -0.05) is 47.5 Å². The topological polar surface area (TPSA) is 26.0 Å². The highest BCUT2D eigenvalue weighted by molar-refractivity contribution is 9.10. The quantitative estimate of drug-likeness (QED) is 0.847. The van der Waals surface area contributed by atoms with Gasteiger partial charge in [0.1, 0.15) is 0 Å². The van der Waals surface area contributed by atoms with E-state index in [9.17, 15) is 0 Å². The van der Waals surface area contributed by atoms with Gasteiger partial charge in [-0.15, -0.1) is 0 Å². The zero-order chi connectivity index (χ0) is 10.1. The van der Waals surface area contributed by atoms with Crippen LogP contribution in [0, 0.1) is 6.92 Å². The summed E-state index contributed by atoms with van der Waals surface area (Å²) in [5.41, 5.74) is 8.35. The second kappa shape index (κ2) is 3.81. The molecule has 0 saturated heterocycles. The average molecular weight is 242 g/mol. The Kier molecular flexibility index (Phi) is 3.14. The van der Waals surface area contributed by atoms with Crippen molar-refractivity contribution in [3.05, 3.63) is 33.8 Å². The van der Waals surface area contributed by atoms with E-state index in [0.717, 1.165) is 4.47 Å². The van der Waals surface area contributed by atoms with Crippen molar-refractivity contribution in [3.63, 3.8) is 0 Å². The maximum Gasteiger partial charge on any atom is 0.0213 e. The molecule has 13 heavy (non-hydrogen) atoms. The molecule has 2 N–H and O–H groups in total. The van der Waals surface area contributed by atoms with E-state index in [1.165, 1.54) is 11.1 Å². The molecule has 1 rings (SSSR count). The monoisotopic (exact) mass is 241 g/mol. The van der Waals surface area contributed by atoms with Crippen molar-refractivity contribution in [2.75, 3.05) is 6.54 Å². The second-order valence-corrected chi connectivity index (χ2v) is 4.93. The summed E-state index contributed by atoms with van der Waals surface area (Å²) in [5.74, 6) is 0. The van der Waals surface area contributed by atoms with Crippen LogP contribution in [0.5, 0.6) is 0 Å². The number of hydrogen-bond acceptors (Lipinski definition) is 1. The van der Waals surface area contributed by atoms with Gasteiger partial charge >= 0.3 is 0 Å². The predicted molar refractivity (Wildman–Crippen MR) is 61.0 cm³/mol. The molecule has 0 amide bonds. The van der Waals surface area contributed by atoms with Crippen LogP contribution in [0.15, 0.2) is 22.7 Å². The van der Waals surface area contributed by atoms with Crippen LogP contribution in [0.25, 0.3) is 0 Å². The number of hydrogen-bond donors (Lipinski definition) is 1. The molecule has 72 valence electrons. The summed E-state index contributed by atoms with van der Waals surface area (Å²) < 4.78 is 1.15. The average Bonchev–Trinajstić information content (AvgIpc) is 2.09. The highest BCUT2D eigenvalue weighted by Crippen LogP contribution is 2.29.